The Morgan fingerprint density at radius 1 is 1.21 bits per heavy atom. The summed E-state index contributed by atoms with van der Waals surface area (Å²) in [5, 5.41) is 16.3. The number of para-hydroxylation sites is 1. The third kappa shape index (κ3) is 3.51. The van der Waals surface area contributed by atoms with Crippen molar-refractivity contribution in [3.8, 4) is 0 Å². The van der Waals surface area contributed by atoms with Gasteiger partial charge in [0, 0.05) is 23.9 Å². The second-order valence-electron chi connectivity index (χ2n) is 6.07. The van der Waals surface area contributed by atoms with Crippen LogP contribution in [0.1, 0.15) is 30.6 Å². The number of carbonyl (C=O) groups excluding carboxylic acids is 2. The summed E-state index contributed by atoms with van der Waals surface area (Å²) in [5.41, 5.74) is 0.719. The maximum Gasteiger partial charge on any atom is 0.282 e. The Bertz CT molecular complexity index is 1060. The van der Waals surface area contributed by atoms with E-state index in [0.29, 0.717) is 29.5 Å². The van der Waals surface area contributed by atoms with Crippen LogP contribution in [-0.2, 0) is 13.0 Å². The van der Waals surface area contributed by atoms with Gasteiger partial charge in [-0.05, 0) is 17.5 Å². The number of rotatable bonds is 4. The minimum absolute atomic E-state index is 0.0756. The summed E-state index contributed by atoms with van der Waals surface area (Å²) in [6.07, 6.45) is 0.535. The summed E-state index contributed by atoms with van der Waals surface area (Å²) < 4.78 is 0. The molecule has 0 bridgehead atoms. The van der Waals surface area contributed by atoms with Gasteiger partial charge in [0.05, 0.1) is 22.0 Å². The van der Waals surface area contributed by atoms with Crippen LogP contribution in [0.4, 0.5) is 10.8 Å². The Labute approximate surface area is 167 Å². The van der Waals surface area contributed by atoms with Crippen molar-refractivity contribution in [2.75, 3.05) is 11.9 Å². The first-order valence-corrected chi connectivity index (χ1v) is 10.1. The average Bonchev–Trinajstić information content (AvgIpc) is 3.36. The van der Waals surface area contributed by atoms with Crippen molar-refractivity contribution >= 4 is 45.3 Å². The zero-order valence-electron chi connectivity index (χ0n) is 14.5. The molecule has 1 aromatic carbocycles. The van der Waals surface area contributed by atoms with Crippen molar-refractivity contribution in [3.63, 3.8) is 0 Å². The van der Waals surface area contributed by atoms with Crippen LogP contribution < -0.4 is 5.32 Å². The molecule has 1 aliphatic rings. The van der Waals surface area contributed by atoms with Gasteiger partial charge < -0.3 is 4.90 Å². The van der Waals surface area contributed by atoms with E-state index in [0.717, 1.165) is 10.6 Å². The van der Waals surface area contributed by atoms with Crippen LogP contribution in [-0.4, -0.2) is 33.2 Å². The number of aromatic nitrogens is 1. The molecule has 28 heavy (non-hydrogen) atoms. The van der Waals surface area contributed by atoms with Crippen LogP contribution in [0, 0.1) is 10.1 Å². The maximum absolute atomic E-state index is 12.8. The third-order valence-electron chi connectivity index (χ3n) is 4.32. The van der Waals surface area contributed by atoms with E-state index in [1.165, 1.54) is 40.9 Å². The number of hydrogen-bond donors (Lipinski definition) is 1. The number of thiophene rings is 1. The Kier molecular flexibility index (Phi) is 4.88. The topological polar surface area (TPSA) is 105 Å². The maximum atomic E-state index is 12.8. The lowest BCUT2D eigenvalue weighted by Crippen LogP contribution is -2.35. The van der Waals surface area contributed by atoms with Crippen molar-refractivity contribution in [1.29, 1.82) is 0 Å². The lowest BCUT2D eigenvalue weighted by atomic mass is 10.1. The highest BCUT2D eigenvalue weighted by atomic mass is 32.1. The fraction of sp³-hybridized carbons (Fsp3) is 0.167. The van der Waals surface area contributed by atoms with Gasteiger partial charge in [0.15, 0.2) is 5.13 Å². The monoisotopic (exact) mass is 414 g/mol. The normalized spacial score (nSPS) is 13.1. The van der Waals surface area contributed by atoms with Crippen LogP contribution in [0.2, 0.25) is 0 Å². The third-order valence-corrected chi connectivity index (χ3v) is 6.18. The van der Waals surface area contributed by atoms with Gasteiger partial charge in [-0.25, -0.2) is 4.98 Å². The van der Waals surface area contributed by atoms with E-state index >= 15 is 0 Å². The predicted molar refractivity (Wildman–Crippen MR) is 106 cm³/mol. The quantitative estimate of drug-likeness (QED) is 0.519. The van der Waals surface area contributed by atoms with E-state index in [1.807, 2.05) is 5.38 Å². The molecule has 4 rings (SSSR count). The number of benzene rings is 1. The number of hydrogen-bond acceptors (Lipinski definition) is 7. The summed E-state index contributed by atoms with van der Waals surface area (Å²) >= 11 is 2.67. The molecule has 1 N–H and O–H groups in total. The Morgan fingerprint density at radius 2 is 2.04 bits per heavy atom. The molecule has 3 heterocycles. The zero-order chi connectivity index (χ0) is 19.7. The standard InChI is InChI=1S/C18H14N4O4S2/c23-16(14-6-3-9-27-14)20-18-19-12-7-8-21(10-15(12)28-18)17(24)11-4-1-2-5-13(11)22(25)26/h1-6,9H,7-8,10H2,(H,19,20,23). The highest BCUT2D eigenvalue weighted by Crippen LogP contribution is 2.30. The SMILES string of the molecule is O=C(Nc1nc2c(s1)CN(C(=O)c1ccccc1[N+](=O)[O-])CC2)c1cccs1. The Hall–Kier alpha value is -3.11. The van der Waals surface area contributed by atoms with Gasteiger partial charge in [-0.1, -0.05) is 29.5 Å². The number of anilines is 1. The number of fused-ring (bicyclic) bond motifs is 1. The molecule has 0 saturated carbocycles. The van der Waals surface area contributed by atoms with E-state index < -0.39 is 4.92 Å². The molecule has 0 saturated heterocycles. The van der Waals surface area contributed by atoms with Gasteiger partial charge in [-0.15, -0.1) is 11.3 Å². The van der Waals surface area contributed by atoms with Gasteiger partial charge in [-0.3, -0.25) is 25.0 Å². The Balaban J connectivity index is 1.51. The summed E-state index contributed by atoms with van der Waals surface area (Å²) in [6, 6.07) is 9.48. The van der Waals surface area contributed by atoms with Crippen LogP contribution in [0.25, 0.3) is 0 Å². The molecule has 1 aliphatic heterocycles. The molecule has 2 amide bonds. The van der Waals surface area contributed by atoms with Crippen LogP contribution in [0.5, 0.6) is 0 Å². The fourth-order valence-electron chi connectivity index (χ4n) is 2.97. The molecular formula is C18H14N4O4S2. The molecule has 0 fully saturated rings. The van der Waals surface area contributed by atoms with Gasteiger partial charge >= 0.3 is 0 Å². The molecule has 0 radical (unpaired) electrons. The van der Waals surface area contributed by atoms with Crippen molar-refractivity contribution in [2.45, 2.75) is 13.0 Å². The minimum Gasteiger partial charge on any atom is -0.333 e. The summed E-state index contributed by atoms with van der Waals surface area (Å²) in [5.74, 6) is -0.593. The molecule has 10 heteroatoms. The van der Waals surface area contributed by atoms with E-state index in [9.17, 15) is 19.7 Å². The van der Waals surface area contributed by atoms with Gasteiger partial charge in [0.2, 0.25) is 0 Å². The highest BCUT2D eigenvalue weighted by molar-refractivity contribution is 7.16. The average molecular weight is 414 g/mol. The number of amides is 2. The second-order valence-corrected chi connectivity index (χ2v) is 8.10. The van der Waals surface area contributed by atoms with Crippen molar-refractivity contribution in [1.82, 2.24) is 9.88 Å². The van der Waals surface area contributed by atoms with E-state index in [2.05, 4.69) is 10.3 Å². The van der Waals surface area contributed by atoms with Crippen LogP contribution >= 0.6 is 22.7 Å². The number of nitro groups is 1. The van der Waals surface area contributed by atoms with Gasteiger partial charge in [0.1, 0.15) is 5.56 Å². The van der Waals surface area contributed by atoms with Crippen LogP contribution in [0.15, 0.2) is 41.8 Å². The first-order valence-electron chi connectivity index (χ1n) is 8.39. The fourth-order valence-corrected chi connectivity index (χ4v) is 4.61. The summed E-state index contributed by atoms with van der Waals surface area (Å²) in [7, 11) is 0. The number of nitrogens with zero attached hydrogens (tertiary/aromatic N) is 3. The smallest absolute Gasteiger partial charge is 0.282 e. The second kappa shape index (κ2) is 7.49. The molecule has 3 aromatic rings. The molecule has 142 valence electrons. The van der Waals surface area contributed by atoms with Crippen molar-refractivity contribution in [3.05, 3.63) is 72.9 Å². The number of nitro benzene ring substituents is 1. The molecule has 0 unspecified atom stereocenters. The first-order chi connectivity index (χ1) is 13.5. The number of carbonyl (C=O) groups is 2. The van der Waals surface area contributed by atoms with Crippen molar-refractivity contribution < 1.29 is 14.5 Å². The molecular weight excluding hydrogens is 400 g/mol. The molecule has 8 nitrogen and oxygen atoms in total. The largest absolute Gasteiger partial charge is 0.333 e. The highest BCUT2D eigenvalue weighted by Gasteiger charge is 2.29. The van der Waals surface area contributed by atoms with Gasteiger partial charge in [-0.2, -0.15) is 0 Å². The molecule has 2 aromatic heterocycles. The zero-order valence-corrected chi connectivity index (χ0v) is 16.1. The molecule has 0 spiro atoms. The molecule has 0 aliphatic carbocycles. The number of thiazole rings is 1. The summed E-state index contributed by atoms with van der Waals surface area (Å²) in [4.78, 5) is 43.2. The van der Waals surface area contributed by atoms with E-state index in [-0.39, 0.29) is 23.1 Å². The summed E-state index contributed by atoms with van der Waals surface area (Å²) in [6.45, 7) is 0.729. The molecule has 0 atom stereocenters. The predicted octanol–water partition coefficient (Wildman–Crippen LogP) is 3.56. The number of nitrogens with one attached hydrogen (secondary N) is 1. The van der Waals surface area contributed by atoms with Gasteiger partial charge in [0.25, 0.3) is 17.5 Å². The lowest BCUT2D eigenvalue weighted by Gasteiger charge is -2.26. The Morgan fingerprint density at radius 3 is 2.79 bits per heavy atom. The first kappa shape index (κ1) is 18.3. The van der Waals surface area contributed by atoms with Crippen molar-refractivity contribution in [2.24, 2.45) is 0 Å². The van der Waals surface area contributed by atoms with E-state index in [4.69, 9.17) is 0 Å². The van der Waals surface area contributed by atoms with Crippen LogP contribution in [0.3, 0.4) is 0 Å². The van der Waals surface area contributed by atoms with E-state index in [1.54, 1.807) is 23.1 Å². The minimum atomic E-state index is -0.548. The lowest BCUT2D eigenvalue weighted by molar-refractivity contribution is -0.385.